The number of benzene rings is 1. The molecule has 146 valence electrons. The lowest BCUT2D eigenvalue weighted by atomic mass is 10.1. The van der Waals surface area contributed by atoms with Gasteiger partial charge in [-0.15, -0.1) is 0 Å². The molecule has 1 aromatic carbocycles. The van der Waals surface area contributed by atoms with Gasteiger partial charge in [0.05, 0.1) is 27.9 Å². The van der Waals surface area contributed by atoms with E-state index < -0.39 is 0 Å². The van der Waals surface area contributed by atoms with E-state index in [-0.39, 0.29) is 16.0 Å². The van der Waals surface area contributed by atoms with E-state index >= 15 is 0 Å². The molecule has 0 aliphatic rings. The average molecular weight is 425 g/mol. The number of methoxy groups -OCH3 is 3. The molecule has 1 aromatic rings. The fourth-order valence-corrected chi connectivity index (χ4v) is 2.42. The second-order valence-corrected chi connectivity index (χ2v) is 7.19. The van der Waals surface area contributed by atoms with Crippen LogP contribution in [0.25, 0.3) is 6.08 Å². The van der Waals surface area contributed by atoms with Crippen LogP contribution >= 0.6 is 0 Å². The van der Waals surface area contributed by atoms with Crippen LogP contribution in [-0.4, -0.2) is 64.9 Å². The Balaban J connectivity index is 0.00000119. The van der Waals surface area contributed by atoms with Gasteiger partial charge in [-0.2, -0.15) is 0 Å². The fourth-order valence-electron chi connectivity index (χ4n) is 1.88. The highest BCUT2D eigenvalue weighted by Crippen LogP contribution is 2.40. The van der Waals surface area contributed by atoms with Crippen LogP contribution in [0.15, 0.2) is 18.2 Å². The molecule has 0 amide bonds. The lowest BCUT2D eigenvalue weighted by molar-refractivity contribution is -0.137. The molecule has 1 rings (SSSR count). The van der Waals surface area contributed by atoms with Gasteiger partial charge < -0.3 is 27.2 Å². The molecule has 10 heteroatoms. The molecule has 0 unspecified atom stereocenters. The van der Waals surface area contributed by atoms with E-state index in [1.807, 2.05) is 0 Å². The van der Waals surface area contributed by atoms with Crippen molar-refractivity contribution in [2.24, 2.45) is 5.92 Å². The Morgan fingerprint density at radius 2 is 1.70 bits per heavy atom. The van der Waals surface area contributed by atoms with Crippen molar-refractivity contribution in [2.45, 2.75) is 20.3 Å². The molecule has 0 aliphatic heterocycles. The Hall–Kier alpha value is -1.60. The number of carbonyl (C=O) groups is 1. The van der Waals surface area contributed by atoms with Crippen molar-refractivity contribution < 1.29 is 32.0 Å². The lowest BCUT2D eigenvalue weighted by Crippen LogP contribution is -2.04. The van der Waals surface area contributed by atoms with Crippen LogP contribution in [0.3, 0.4) is 0 Å². The molecule has 7 nitrogen and oxygen atoms in total. The quantitative estimate of drug-likeness (QED) is 0.323. The predicted molar refractivity (Wildman–Crippen MR) is 105 cm³/mol. The maximum Gasteiger partial charge on any atom is 0.409 e. The first kappa shape index (κ1) is 25.4. The zero-order chi connectivity index (χ0) is 20.7. The van der Waals surface area contributed by atoms with Gasteiger partial charge in [0.25, 0.3) is 0 Å². The molecule has 0 saturated carbocycles. The normalized spacial score (nSPS) is 10.4. The summed E-state index contributed by atoms with van der Waals surface area (Å²) >= 11 is 0. The smallest absolute Gasteiger partial charge is 0.409 e. The standard InChI is InChI=1S/C17H24O5.O2Si3/c1-12(2)10-11-22-15(18)9-7-13-6-8-14(19-3)17(21-5)16(13)20-4;3-1-5-2-4/h6-9,12H,10-11H2,1-5H3;/b9-7+;. The first-order valence-electron chi connectivity index (χ1n) is 7.98. The third-order valence-corrected chi connectivity index (χ3v) is 3.82. The number of hydrogen-bond acceptors (Lipinski definition) is 7. The topological polar surface area (TPSA) is 72.5 Å². The summed E-state index contributed by atoms with van der Waals surface area (Å²) in [5, 5.41) is 0. The monoisotopic (exact) mass is 424 g/mol. The molecule has 0 saturated heterocycles. The zero-order valence-corrected chi connectivity index (χ0v) is 19.2. The predicted octanol–water partition coefficient (Wildman–Crippen LogP) is 2.04. The molecule has 0 atom stereocenters. The van der Waals surface area contributed by atoms with Gasteiger partial charge in [0, 0.05) is 11.6 Å². The Kier molecular flexibility index (Phi) is 14.5. The van der Waals surface area contributed by atoms with Crippen molar-refractivity contribution in [3.05, 3.63) is 23.8 Å². The number of carbonyl (C=O) groups excluding carboxylic acids is 1. The van der Waals surface area contributed by atoms with Crippen LogP contribution in [0.5, 0.6) is 17.2 Å². The van der Waals surface area contributed by atoms with Gasteiger partial charge in [0.2, 0.25) is 26.7 Å². The van der Waals surface area contributed by atoms with Crippen LogP contribution in [0, 0.1) is 5.92 Å². The number of rotatable bonds is 10. The van der Waals surface area contributed by atoms with Gasteiger partial charge in [-0.05, 0) is 30.5 Å². The highest BCUT2D eigenvalue weighted by molar-refractivity contribution is 6.33. The Morgan fingerprint density at radius 1 is 1.07 bits per heavy atom. The maximum absolute atomic E-state index is 11.7. The Morgan fingerprint density at radius 3 is 2.15 bits per heavy atom. The van der Waals surface area contributed by atoms with Crippen molar-refractivity contribution in [2.75, 3.05) is 27.9 Å². The first-order chi connectivity index (χ1) is 12.9. The van der Waals surface area contributed by atoms with Gasteiger partial charge in [-0.3, -0.25) is 0 Å². The van der Waals surface area contributed by atoms with Crippen LogP contribution < -0.4 is 14.2 Å². The van der Waals surface area contributed by atoms with E-state index in [9.17, 15) is 4.79 Å². The molecule has 0 bridgehead atoms. The van der Waals surface area contributed by atoms with Gasteiger partial charge in [0.15, 0.2) is 11.5 Å². The summed E-state index contributed by atoms with van der Waals surface area (Å²) in [6.07, 6.45) is 3.86. The van der Waals surface area contributed by atoms with Gasteiger partial charge in [-0.25, -0.2) is 4.79 Å². The van der Waals surface area contributed by atoms with Crippen molar-refractivity contribution >= 4 is 43.0 Å². The molecule has 0 spiro atoms. The number of hydrogen-bond donors (Lipinski definition) is 0. The third-order valence-electron chi connectivity index (χ3n) is 3.16. The van der Waals surface area contributed by atoms with E-state index in [1.165, 1.54) is 20.3 Å². The summed E-state index contributed by atoms with van der Waals surface area (Å²) < 4.78 is 29.5. The maximum atomic E-state index is 11.7. The highest BCUT2D eigenvalue weighted by Gasteiger charge is 2.14. The molecule has 8 radical (unpaired) electrons. The molecule has 27 heavy (non-hydrogen) atoms. The summed E-state index contributed by atoms with van der Waals surface area (Å²) in [5.41, 5.74) is 0.709. The largest absolute Gasteiger partial charge is 0.493 e. The first-order valence-corrected chi connectivity index (χ1v) is 9.62. The van der Waals surface area contributed by atoms with Crippen molar-refractivity contribution in [1.29, 1.82) is 0 Å². The number of ether oxygens (including phenoxy) is 4. The minimum absolute atomic E-state index is 0.0247. The van der Waals surface area contributed by atoms with Crippen LogP contribution in [0.2, 0.25) is 0 Å². The van der Waals surface area contributed by atoms with Crippen LogP contribution in [-0.2, 0) is 17.8 Å². The zero-order valence-electron chi connectivity index (χ0n) is 16.2. The van der Waals surface area contributed by atoms with Gasteiger partial charge >= 0.3 is 16.0 Å². The molecule has 0 aliphatic carbocycles. The second-order valence-electron chi connectivity index (χ2n) is 5.39. The fraction of sp³-hybridized carbons (Fsp3) is 0.471. The molecule has 0 fully saturated rings. The average Bonchev–Trinajstić information content (AvgIpc) is 2.66. The Labute approximate surface area is 170 Å². The Bertz CT molecular complexity index is 578. The van der Waals surface area contributed by atoms with Crippen molar-refractivity contribution in [3.63, 3.8) is 0 Å². The van der Waals surface area contributed by atoms with Crippen molar-refractivity contribution in [3.8, 4) is 17.2 Å². The van der Waals surface area contributed by atoms with Crippen LogP contribution in [0.1, 0.15) is 25.8 Å². The number of esters is 1. The molecule has 0 aromatic heterocycles. The lowest BCUT2D eigenvalue weighted by Gasteiger charge is -2.13. The molecular formula is C17H24O7Si3. The van der Waals surface area contributed by atoms with E-state index in [1.54, 1.807) is 25.3 Å². The van der Waals surface area contributed by atoms with Gasteiger partial charge in [0.1, 0.15) is 0 Å². The minimum Gasteiger partial charge on any atom is -0.493 e. The summed E-state index contributed by atoms with van der Waals surface area (Å²) in [4.78, 5) is 11.7. The van der Waals surface area contributed by atoms with Crippen molar-refractivity contribution in [1.82, 2.24) is 0 Å². The van der Waals surface area contributed by atoms with Gasteiger partial charge in [-0.1, -0.05) is 13.8 Å². The van der Waals surface area contributed by atoms with E-state index in [2.05, 4.69) is 43.0 Å². The molecule has 0 heterocycles. The van der Waals surface area contributed by atoms with E-state index in [0.29, 0.717) is 35.3 Å². The summed E-state index contributed by atoms with van der Waals surface area (Å²) in [5.74, 6) is 1.68. The summed E-state index contributed by atoms with van der Waals surface area (Å²) in [6, 6.07) is 3.54. The second kappa shape index (κ2) is 15.5. The third kappa shape index (κ3) is 10.3. The molecule has 0 N–H and O–H groups in total. The molecular weight excluding hydrogens is 400 g/mol. The minimum atomic E-state index is -0.377. The SMILES string of the molecule is COc1ccc(/C=C/C(=O)OCCC(C)C)c(OC)c1OC.[Si]O[Si]O[Si]. The van der Waals surface area contributed by atoms with E-state index in [0.717, 1.165) is 6.42 Å². The van der Waals surface area contributed by atoms with Crippen LogP contribution in [0.4, 0.5) is 0 Å². The summed E-state index contributed by atoms with van der Waals surface area (Å²) in [6.45, 7) is 4.58. The van der Waals surface area contributed by atoms with E-state index in [4.69, 9.17) is 18.9 Å². The highest BCUT2D eigenvalue weighted by atomic mass is 28.3. The summed E-state index contributed by atoms with van der Waals surface area (Å²) in [7, 11) is 10.1.